The molecule has 2 heterocycles. The maximum absolute atomic E-state index is 5.75. The molecule has 0 bridgehead atoms. The number of rotatable bonds is 6. The highest BCUT2D eigenvalue weighted by Crippen LogP contribution is 2.27. The van der Waals surface area contributed by atoms with Gasteiger partial charge in [-0.05, 0) is 47.8 Å². The zero-order chi connectivity index (χ0) is 15.4. The number of hydrogen-bond donors (Lipinski definition) is 2. The highest BCUT2D eigenvalue weighted by molar-refractivity contribution is 9.10. The summed E-state index contributed by atoms with van der Waals surface area (Å²) >= 11 is 3.68. The minimum atomic E-state index is 0.0149. The van der Waals surface area contributed by atoms with E-state index in [-0.39, 0.29) is 6.04 Å². The van der Waals surface area contributed by atoms with E-state index >= 15 is 0 Å². The Morgan fingerprint density at radius 3 is 2.67 bits per heavy atom. The smallest absolute Gasteiger partial charge is 0.0766 e. The van der Waals surface area contributed by atoms with E-state index in [0.717, 1.165) is 46.5 Å². The van der Waals surface area contributed by atoms with Crippen LogP contribution in [0.3, 0.4) is 0 Å². The zero-order valence-electron chi connectivity index (χ0n) is 12.7. The number of aryl methyl sites for hydroxylation is 3. The molecule has 2 aromatic rings. The second kappa shape index (κ2) is 7.15. The summed E-state index contributed by atoms with van der Waals surface area (Å²) in [5.41, 5.74) is 7.23. The molecule has 21 heavy (non-hydrogen) atoms. The van der Waals surface area contributed by atoms with Crippen LogP contribution in [-0.4, -0.2) is 14.8 Å². The molecule has 1 unspecified atom stereocenters. The van der Waals surface area contributed by atoms with E-state index in [1.54, 1.807) is 0 Å². The molecule has 114 valence electrons. The molecule has 0 fully saturated rings. The van der Waals surface area contributed by atoms with Crippen LogP contribution in [0.4, 0.5) is 0 Å². The minimum absolute atomic E-state index is 0.0149. The lowest BCUT2D eigenvalue weighted by Gasteiger charge is -2.17. The summed E-state index contributed by atoms with van der Waals surface area (Å²) in [5.74, 6) is 5.75. The molecule has 2 rings (SSSR count). The second-order valence-electron chi connectivity index (χ2n) is 5.03. The lowest BCUT2D eigenvalue weighted by Crippen LogP contribution is -2.30. The summed E-state index contributed by atoms with van der Waals surface area (Å²) < 4.78 is 3.13. The van der Waals surface area contributed by atoms with Crippen LogP contribution in [0.15, 0.2) is 22.8 Å². The first-order valence-electron chi connectivity index (χ1n) is 7.23. The fourth-order valence-electron chi connectivity index (χ4n) is 2.36. The zero-order valence-corrected chi connectivity index (χ0v) is 14.3. The molecule has 5 nitrogen and oxygen atoms in total. The summed E-state index contributed by atoms with van der Waals surface area (Å²) in [6.07, 6.45) is 3.55. The van der Waals surface area contributed by atoms with Gasteiger partial charge in [0.25, 0.3) is 0 Å². The third-order valence-electron chi connectivity index (χ3n) is 3.63. The normalized spacial score (nSPS) is 12.6. The Morgan fingerprint density at radius 2 is 2.14 bits per heavy atom. The Morgan fingerprint density at radius 1 is 1.38 bits per heavy atom. The van der Waals surface area contributed by atoms with Gasteiger partial charge in [-0.25, -0.2) is 0 Å². The summed E-state index contributed by atoms with van der Waals surface area (Å²) in [7, 11) is 0. The molecule has 0 amide bonds. The minimum Gasteiger partial charge on any atom is -0.271 e. The number of aromatic nitrogens is 3. The van der Waals surface area contributed by atoms with Crippen LogP contribution in [0.25, 0.3) is 0 Å². The first-order chi connectivity index (χ1) is 10.1. The monoisotopic (exact) mass is 351 g/mol. The SMILES string of the molecule is CCc1nn(CC)c(CC(NN)c2ccc(C)nc2)c1Br. The van der Waals surface area contributed by atoms with Crippen molar-refractivity contribution in [1.82, 2.24) is 20.2 Å². The molecular formula is C15H22BrN5. The van der Waals surface area contributed by atoms with E-state index in [9.17, 15) is 0 Å². The standard InChI is InChI=1S/C15H22BrN5/c1-4-12-15(16)14(21(5-2)20-12)8-13(19-17)11-7-6-10(3)18-9-11/h6-7,9,13,19H,4-5,8,17H2,1-3H3. The van der Waals surface area contributed by atoms with Crippen molar-refractivity contribution in [2.75, 3.05) is 0 Å². The van der Waals surface area contributed by atoms with Gasteiger partial charge in [-0.1, -0.05) is 13.0 Å². The summed E-state index contributed by atoms with van der Waals surface area (Å²) in [5, 5.41) is 4.63. The van der Waals surface area contributed by atoms with Gasteiger partial charge in [0.2, 0.25) is 0 Å². The third-order valence-corrected chi connectivity index (χ3v) is 4.54. The van der Waals surface area contributed by atoms with Gasteiger partial charge >= 0.3 is 0 Å². The highest BCUT2D eigenvalue weighted by Gasteiger charge is 2.19. The van der Waals surface area contributed by atoms with Crippen molar-refractivity contribution in [3.05, 3.63) is 45.4 Å². The quantitative estimate of drug-likeness (QED) is 0.620. The van der Waals surface area contributed by atoms with Gasteiger partial charge < -0.3 is 0 Å². The maximum atomic E-state index is 5.75. The average molecular weight is 352 g/mol. The molecule has 0 aromatic carbocycles. The molecular weight excluding hydrogens is 330 g/mol. The van der Waals surface area contributed by atoms with Crippen molar-refractivity contribution < 1.29 is 0 Å². The van der Waals surface area contributed by atoms with Crippen LogP contribution in [0, 0.1) is 6.92 Å². The molecule has 0 spiro atoms. The van der Waals surface area contributed by atoms with Crippen LogP contribution in [0.2, 0.25) is 0 Å². The van der Waals surface area contributed by atoms with E-state index in [1.165, 1.54) is 0 Å². The van der Waals surface area contributed by atoms with Crippen LogP contribution < -0.4 is 11.3 Å². The molecule has 0 aliphatic rings. The molecule has 6 heteroatoms. The molecule has 0 saturated carbocycles. The predicted octanol–water partition coefficient (Wildman–Crippen LogP) is 2.68. The Balaban J connectivity index is 2.30. The van der Waals surface area contributed by atoms with Crippen LogP contribution in [0.1, 0.15) is 42.5 Å². The predicted molar refractivity (Wildman–Crippen MR) is 87.7 cm³/mol. The number of nitrogens with two attached hydrogens (primary N) is 1. The maximum Gasteiger partial charge on any atom is 0.0766 e. The number of hydrogen-bond acceptors (Lipinski definition) is 4. The van der Waals surface area contributed by atoms with Crippen molar-refractivity contribution in [3.8, 4) is 0 Å². The molecule has 0 aliphatic heterocycles. The van der Waals surface area contributed by atoms with Crippen molar-refractivity contribution in [3.63, 3.8) is 0 Å². The lowest BCUT2D eigenvalue weighted by molar-refractivity contribution is 0.514. The van der Waals surface area contributed by atoms with Crippen molar-refractivity contribution in [2.24, 2.45) is 5.84 Å². The van der Waals surface area contributed by atoms with Gasteiger partial charge in [0.05, 0.1) is 21.9 Å². The Kier molecular flexibility index (Phi) is 5.50. The lowest BCUT2D eigenvalue weighted by atomic mass is 10.0. The summed E-state index contributed by atoms with van der Waals surface area (Å²) in [4.78, 5) is 4.35. The average Bonchev–Trinajstić information content (AvgIpc) is 2.81. The van der Waals surface area contributed by atoms with Crippen LogP contribution >= 0.6 is 15.9 Å². The fourth-order valence-corrected chi connectivity index (χ4v) is 3.09. The fraction of sp³-hybridized carbons (Fsp3) is 0.467. The number of hydrazine groups is 1. The van der Waals surface area contributed by atoms with E-state index in [4.69, 9.17) is 5.84 Å². The Labute approximate surface area is 134 Å². The van der Waals surface area contributed by atoms with Gasteiger partial charge in [-0.2, -0.15) is 5.10 Å². The topological polar surface area (TPSA) is 68.8 Å². The molecule has 1 atom stereocenters. The number of halogens is 1. The molecule has 0 saturated heterocycles. The van der Waals surface area contributed by atoms with Crippen molar-refractivity contribution in [1.29, 1.82) is 0 Å². The summed E-state index contributed by atoms with van der Waals surface area (Å²) in [6.45, 7) is 7.03. The van der Waals surface area contributed by atoms with Gasteiger partial charge in [0.1, 0.15) is 0 Å². The first-order valence-corrected chi connectivity index (χ1v) is 8.02. The molecule has 0 radical (unpaired) electrons. The van der Waals surface area contributed by atoms with Crippen molar-refractivity contribution in [2.45, 2.75) is 46.2 Å². The van der Waals surface area contributed by atoms with E-state index < -0.39 is 0 Å². The molecule has 3 N–H and O–H groups in total. The van der Waals surface area contributed by atoms with Gasteiger partial charge in [-0.3, -0.25) is 20.9 Å². The molecule has 2 aromatic heterocycles. The van der Waals surface area contributed by atoms with Crippen LogP contribution in [-0.2, 0) is 19.4 Å². The van der Waals surface area contributed by atoms with E-state index in [2.05, 4.69) is 51.4 Å². The van der Waals surface area contributed by atoms with E-state index in [0.29, 0.717) is 0 Å². The Hall–Kier alpha value is -1.24. The summed E-state index contributed by atoms with van der Waals surface area (Å²) in [6, 6.07) is 4.08. The van der Waals surface area contributed by atoms with Gasteiger partial charge in [-0.15, -0.1) is 0 Å². The van der Waals surface area contributed by atoms with Crippen molar-refractivity contribution >= 4 is 15.9 Å². The second-order valence-corrected chi connectivity index (χ2v) is 5.83. The largest absolute Gasteiger partial charge is 0.271 e. The molecule has 0 aliphatic carbocycles. The Bertz CT molecular complexity index is 591. The van der Waals surface area contributed by atoms with E-state index in [1.807, 2.05) is 23.9 Å². The first kappa shape index (κ1) is 16.1. The number of pyridine rings is 1. The number of nitrogens with one attached hydrogen (secondary N) is 1. The van der Waals surface area contributed by atoms with Gasteiger partial charge in [0.15, 0.2) is 0 Å². The van der Waals surface area contributed by atoms with Gasteiger partial charge in [0, 0.05) is 24.9 Å². The van der Waals surface area contributed by atoms with Crippen LogP contribution in [0.5, 0.6) is 0 Å². The number of nitrogens with zero attached hydrogens (tertiary/aromatic N) is 3. The highest BCUT2D eigenvalue weighted by atomic mass is 79.9. The third kappa shape index (κ3) is 3.51.